The van der Waals surface area contributed by atoms with E-state index < -0.39 is 6.04 Å². The Kier molecular flexibility index (Phi) is 8.20. The highest BCUT2D eigenvalue weighted by atomic mass is 16.5. The van der Waals surface area contributed by atoms with Gasteiger partial charge in [-0.05, 0) is 112 Å². The third kappa shape index (κ3) is 5.06. The van der Waals surface area contributed by atoms with Crippen LogP contribution in [0.5, 0.6) is 0 Å². The van der Waals surface area contributed by atoms with Crippen LogP contribution in [0, 0.1) is 39.4 Å². The zero-order chi connectivity index (χ0) is 29.8. The van der Waals surface area contributed by atoms with E-state index in [0.29, 0.717) is 23.2 Å². The number of hydrogen-bond donors (Lipinski definition) is 2. The van der Waals surface area contributed by atoms with Crippen molar-refractivity contribution < 1.29 is 9.53 Å². The molecule has 0 amide bonds. The van der Waals surface area contributed by atoms with Crippen LogP contribution in [0.15, 0.2) is 35.3 Å². The minimum Gasteiger partial charge on any atom is -0.461 e. The molecule has 4 aliphatic rings. The Morgan fingerprint density at radius 2 is 1.85 bits per heavy atom. The second-order valence-electron chi connectivity index (χ2n) is 15.9. The molecule has 3 N–H and O–H groups in total. The summed E-state index contributed by atoms with van der Waals surface area (Å²) in [5.74, 6) is 1.82. The van der Waals surface area contributed by atoms with Crippen molar-refractivity contribution in [1.82, 2.24) is 9.97 Å². The molecule has 5 nitrogen and oxygen atoms in total. The zero-order valence-corrected chi connectivity index (χ0v) is 27.2. The largest absolute Gasteiger partial charge is 0.461 e. The molecular weight excluding hydrogens is 506 g/mol. The fraction of sp³-hybridized carbons (Fsp3) is 0.778. The second kappa shape index (κ2) is 11.0. The number of imidazole rings is 1. The number of aromatic nitrogens is 2. The molecule has 1 heterocycles. The van der Waals surface area contributed by atoms with Gasteiger partial charge in [-0.3, -0.25) is 4.79 Å². The quantitative estimate of drug-likeness (QED) is 0.246. The number of fused-ring (bicyclic) bond motifs is 4. The number of allylic oxidation sites excluding steroid dienone is 4. The Hall–Kier alpha value is -1.88. The van der Waals surface area contributed by atoms with E-state index in [1.807, 2.05) is 5.57 Å². The van der Waals surface area contributed by atoms with Crippen molar-refractivity contribution in [3.63, 3.8) is 0 Å². The molecule has 1 aromatic heterocycles. The van der Waals surface area contributed by atoms with E-state index >= 15 is 0 Å². The lowest BCUT2D eigenvalue weighted by molar-refractivity contribution is -0.171. The molecule has 41 heavy (non-hydrogen) atoms. The van der Waals surface area contributed by atoms with Crippen LogP contribution in [0.4, 0.5) is 0 Å². The normalized spacial score (nSPS) is 37.4. The molecule has 228 valence electrons. The standard InChI is InChI=1S/C36H57N3O2/c1-23(2)10-9-11-24(3)26-14-18-36(8)28-12-13-30-33(4,5)31(41-32(40)29(37)20-25-21-38-22-39-25)16-17-34(30,6)27(28)15-19-35(26,36)7/h10,21-22,24,26,29-31H,9,11-20,37H2,1-8H3,(H,38,39)/t24-,26-,29+,30?,31+,34-,35-,36+/m1/s1. The van der Waals surface area contributed by atoms with Crippen LogP contribution in [-0.4, -0.2) is 28.1 Å². The highest BCUT2D eigenvalue weighted by Crippen LogP contribution is 2.72. The monoisotopic (exact) mass is 563 g/mol. The number of carbonyl (C=O) groups is 1. The summed E-state index contributed by atoms with van der Waals surface area (Å²) < 4.78 is 6.22. The van der Waals surface area contributed by atoms with E-state index in [4.69, 9.17) is 10.5 Å². The topological polar surface area (TPSA) is 81.0 Å². The third-order valence-electron chi connectivity index (χ3n) is 13.2. The number of hydrogen-bond acceptors (Lipinski definition) is 4. The first-order chi connectivity index (χ1) is 19.2. The van der Waals surface area contributed by atoms with Gasteiger partial charge in [-0.25, -0.2) is 4.98 Å². The van der Waals surface area contributed by atoms with Gasteiger partial charge in [0.15, 0.2) is 0 Å². The van der Waals surface area contributed by atoms with Crippen molar-refractivity contribution >= 4 is 5.97 Å². The van der Waals surface area contributed by atoms with E-state index in [1.54, 1.807) is 18.1 Å². The first-order valence-electron chi connectivity index (χ1n) is 16.5. The summed E-state index contributed by atoms with van der Waals surface area (Å²) >= 11 is 0. The Bertz CT molecular complexity index is 1180. The minimum absolute atomic E-state index is 0.0891. The Labute approximate surface area is 249 Å². The third-order valence-corrected chi connectivity index (χ3v) is 13.2. The fourth-order valence-electron chi connectivity index (χ4n) is 10.6. The number of nitrogens with zero attached hydrogens (tertiary/aromatic N) is 1. The Morgan fingerprint density at radius 3 is 2.54 bits per heavy atom. The molecule has 0 bridgehead atoms. The van der Waals surface area contributed by atoms with Gasteiger partial charge in [-0.1, -0.05) is 64.3 Å². The molecule has 2 fully saturated rings. The summed E-state index contributed by atoms with van der Waals surface area (Å²) in [6, 6.07) is -0.670. The maximum absolute atomic E-state index is 13.1. The van der Waals surface area contributed by atoms with E-state index in [9.17, 15) is 4.79 Å². The summed E-state index contributed by atoms with van der Waals surface area (Å²) in [4.78, 5) is 20.2. The predicted octanol–water partition coefficient (Wildman–Crippen LogP) is 8.32. The molecule has 1 unspecified atom stereocenters. The molecule has 5 heteroatoms. The van der Waals surface area contributed by atoms with Crippen LogP contribution >= 0.6 is 0 Å². The van der Waals surface area contributed by atoms with E-state index in [-0.39, 0.29) is 22.9 Å². The number of ether oxygens (including phenoxy) is 1. The summed E-state index contributed by atoms with van der Waals surface area (Å²) in [6.45, 7) is 19.6. The summed E-state index contributed by atoms with van der Waals surface area (Å²) in [7, 11) is 0. The highest BCUT2D eigenvalue weighted by molar-refractivity contribution is 5.76. The number of rotatable bonds is 8. The van der Waals surface area contributed by atoms with Crippen molar-refractivity contribution in [2.24, 2.45) is 45.1 Å². The van der Waals surface area contributed by atoms with E-state index in [1.165, 1.54) is 56.9 Å². The molecule has 0 aromatic carbocycles. The van der Waals surface area contributed by atoms with Gasteiger partial charge in [0.25, 0.3) is 0 Å². The van der Waals surface area contributed by atoms with Gasteiger partial charge in [0.05, 0.1) is 6.33 Å². The molecule has 4 aliphatic carbocycles. The van der Waals surface area contributed by atoms with Gasteiger partial charge in [-0.15, -0.1) is 0 Å². The van der Waals surface area contributed by atoms with Gasteiger partial charge in [0.2, 0.25) is 0 Å². The first kappa shape index (κ1) is 30.6. The molecule has 0 aliphatic heterocycles. The summed E-state index contributed by atoms with van der Waals surface area (Å²) in [6.07, 6.45) is 18.4. The lowest BCUT2D eigenvalue weighted by atomic mass is 9.43. The number of H-pyrrole nitrogens is 1. The summed E-state index contributed by atoms with van der Waals surface area (Å²) in [5, 5.41) is 0. The van der Waals surface area contributed by atoms with Crippen molar-refractivity contribution in [2.75, 3.05) is 0 Å². The van der Waals surface area contributed by atoms with Gasteiger partial charge in [0.1, 0.15) is 12.1 Å². The van der Waals surface area contributed by atoms with E-state index in [2.05, 4.69) is 71.4 Å². The lowest BCUT2D eigenvalue weighted by Crippen LogP contribution is -2.56. The van der Waals surface area contributed by atoms with Crippen molar-refractivity contribution in [2.45, 2.75) is 138 Å². The smallest absolute Gasteiger partial charge is 0.323 e. The lowest BCUT2D eigenvalue weighted by Gasteiger charge is -2.62. The van der Waals surface area contributed by atoms with Crippen LogP contribution in [0.1, 0.15) is 125 Å². The van der Waals surface area contributed by atoms with Gasteiger partial charge in [0, 0.05) is 23.7 Å². The average Bonchev–Trinajstić information content (AvgIpc) is 3.50. The van der Waals surface area contributed by atoms with Crippen LogP contribution in [-0.2, 0) is 16.0 Å². The molecule has 0 spiro atoms. The number of nitrogens with one attached hydrogen (secondary N) is 1. The van der Waals surface area contributed by atoms with Gasteiger partial charge >= 0.3 is 5.97 Å². The fourth-order valence-corrected chi connectivity index (χ4v) is 10.6. The predicted molar refractivity (Wildman–Crippen MR) is 167 cm³/mol. The molecule has 5 rings (SSSR count). The average molecular weight is 564 g/mol. The van der Waals surface area contributed by atoms with Crippen molar-refractivity contribution in [3.05, 3.63) is 41.0 Å². The number of nitrogens with two attached hydrogens (primary N) is 1. The molecule has 0 saturated heterocycles. The van der Waals surface area contributed by atoms with E-state index in [0.717, 1.165) is 30.4 Å². The Morgan fingerprint density at radius 1 is 1.10 bits per heavy atom. The van der Waals surface area contributed by atoms with Crippen molar-refractivity contribution in [3.8, 4) is 0 Å². The summed E-state index contributed by atoms with van der Waals surface area (Å²) in [5.41, 5.74) is 13.0. The number of carbonyl (C=O) groups excluding carboxylic acids is 1. The number of esters is 1. The van der Waals surface area contributed by atoms with Crippen LogP contribution in [0.3, 0.4) is 0 Å². The second-order valence-corrected chi connectivity index (χ2v) is 15.9. The molecule has 1 aromatic rings. The maximum atomic E-state index is 13.1. The number of aromatic amines is 1. The SMILES string of the molecule is CC(C)=CCC[C@@H](C)[C@H]1CC[C@@]2(C)C3=C(CC[C@]12C)[C@@]1(C)CC[C@H](OC(=O)[C@@H](N)Cc2cnc[nH]2)C(C)(C)C1CC3. The molecule has 0 radical (unpaired) electrons. The Balaban J connectivity index is 1.34. The first-order valence-corrected chi connectivity index (χ1v) is 16.5. The molecule has 2 saturated carbocycles. The molecular formula is C36H57N3O2. The van der Waals surface area contributed by atoms with Crippen LogP contribution in [0.25, 0.3) is 0 Å². The van der Waals surface area contributed by atoms with Crippen molar-refractivity contribution in [1.29, 1.82) is 0 Å². The van der Waals surface area contributed by atoms with Gasteiger partial charge < -0.3 is 15.5 Å². The van der Waals surface area contributed by atoms with Crippen LogP contribution in [0.2, 0.25) is 0 Å². The zero-order valence-electron chi connectivity index (χ0n) is 27.2. The molecule has 8 atom stereocenters. The minimum atomic E-state index is -0.670. The van der Waals surface area contributed by atoms with Crippen LogP contribution < -0.4 is 5.73 Å². The maximum Gasteiger partial charge on any atom is 0.323 e. The highest BCUT2D eigenvalue weighted by Gasteiger charge is 2.63. The van der Waals surface area contributed by atoms with Gasteiger partial charge in [-0.2, -0.15) is 0 Å².